The van der Waals surface area contributed by atoms with Gasteiger partial charge in [0, 0.05) is 0 Å². The molecule has 0 atom stereocenters. The molecule has 0 heterocycles. The van der Waals surface area contributed by atoms with Crippen molar-refractivity contribution >= 4 is 23.2 Å². The van der Waals surface area contributed by atoms with Gasteiger partial charge in [-0.3, -0.25) is 0 Å². The molecule has 0 radical (unpaired) electrons. The Hall–Kier alpha value is -1.43. The molecule has 0 aliphatic rings. The minimum atomic E-state index is -1.55. The largest absolute Gasteiger partial charge is 1.00 e. The second-order valence-corrected chi connectivity index (χ2v) is 9.07. The summed E-state index contributed by atoms with van der Waals surface area (Å²) in [6.45, 7) is 4.56. The van der Waals surface area contributed by atoms with Crippen LogP contribution in [0, 0.1) is 6.92 Å². The highest BCUT2D eigenvalue weighted by atomic mass is 79.9. The zero-order valence-corrected chi connectivity index (χ0v) is 15.4. The number of hydrogen-bond donors (Lipinski definition) is 0. The molecule has 0 fully saturated rings. The summed E-state index contributed by atoms with van der Waals surface area (Å²) in [5.41, 5.74) is 1.31. The van der Waals surface area contributed by atoms with Crippen molar-refractivity contribution in [1.82, 2.24) is 0 Å². The first-order valence-electron chi connectivity index (χ1n) is 7.26. The fourth-order valence-corrected chi connectivity index (χ4v) is 5.92. The van der Waals surface area contributed by atoms with Gasteiger partial charge in [0.05, 0.1) is 6.66 Å². The van der Waals surface area contributed by atoms with Crippen molar-refractivity contribution in [3.05, 3.63) is 90.5 Å². The maximum atomic E-state index is 2.42. The normalized spacial score (nSPS) is 10.8. The van der Waals surface area contributed by atoms with Crippen LogP contribution in [0.2, 0.25) is 0 Å². The number of halogens is 1. The highest BCUT2D eigenvalue weighted by Gasteiger charge is 2.39. The van der Waals surface area contributed by atoms with Crippen LogP contribution >= 0.6 is 7.26 Å². The van der Waals surface area contributed by atoms with Gasteiger partial charge in [-0.1, -0.05) is 54.1 Å². The minimum absolute atomic E-state index is 0. The third-order valence-corrected chi connectivity index (χ3v) is 8.09. The van der Waals surface area contributed by atoms with Crippen LogP contribution in [0.25, 0.3) is 0 Å². The van der Waals surface area contributed by atoms with Gasteiger partial charge in [-0.25, -0.2) is 0 Å². The second-order valence-electron chi connectivity index (χ2n) is 5.51. The van der Waals surface area contributed by atoms with Crippen molar-refractivity contribution in [2.75, 3.05) is 6.66 Å². The van der Waals surface area contributed by atoms with Crippen LogP contribution in [0.15, 0.2) is 84.9 Å². The van der Waals surface area contributed by atoms with E-state index in [1.165, 1.54) is 21.5 Å². The van der Waals surface area contributed by atoms with E-state index >= 15 is 0 Å². The SMILES string of the molecule is Cc1ccc([P+](C)(c2ccccc2)c2ccccc2)cc1.[Br-]. The van der Waals surface area contributed by atoms with Gasteiger partial charge in [-0.15, -0.1) is 0 Å². The molecule has 0 unspecified atom stereocenters. The number of hydrogen-bond acceptors (Lipinski definition) is 0. The van der Waals surface area contributed by atoms with Gasteiger partial charge in [0.25, 0.3) is 0 Å². The van der Waals surface area contributed by atoms with E-state index in [0.29, 0.717) is 0 Å². The molecule has 0 nitrogen and oxygen atoms in total. The average Bonchev–Trinajstić information content (AvgIpc) is 2.56. The summed E-state index contributed by atoms with van der Waals surface area (Å²) < 4.78 is 0. The van der Waals surface area contributed by atoms with Gasteiger partial charge < -0.3 is 17.0 Å². The Morgan fingerprint density at radius 2 is 0.909 bits per heavy atom. The average molecular weight is 371 g/mol. The first-order chi connectivity index (χ1) is 10.2. The Morgan fingerprint density at radius 1 is 0.545 bits per heavy atom. The van der Waals surface area contributed by atoms with E-state index in [1.54, 1.807) is 0 Å². The van der Waals surface area contributed by atoms with Crippen LogP contribution in [0.3, 0.4) is 0 Å². The Labute approximate surface area is 144 Å². The van der Waals surface area contributed by atoms with Gasteiger partial charge in [-0.05, 0) is 43.3 Å². The molecular weight excluding hydrogens is 351 g/mol. The molecule has 0 bridgehead atoms. The van der Waals surface area contributed by atoms with Crippen LogP contribution < -0.4 is 32.9 Å². The third kappa shape index (κ3) is 3.16. The van der Waals surface area contributed by atoms with Crippen LogP contribution in [0.5, 0.6) is 0 Å². The predicted octanol–water partition coefficient (Wildman–Crippen LogP) is 0.923. The summed E-state index contributed by atoms with van der Waals surface area (Å²) in [6, 6.07) is 30.8. The maximum Gasteiger partial charge on any atom is 0.109 e. The van der Waals surface area contributed by atoms with Gasteiger partial charge >= 0.3 is 0 Å². The molecule has 0 saturated heterocycles. The van der Waals surface area contributed by atoms with Crippen molar-refractivity contribution in [3.63, 3.8) is 0 Å². The van der Waals surface area contributed by atoms with E-state index in [9.17, 15) is 0 Å². The third-order valence-electron chi connectivity index (χ3n) is 4.10. The predicted molar refractivity (Wildman–Crippen MR) is 95.8 cm³/mol. The second kappa shape index (κ2) is 7.22. The van der Waals surface area contributed by atoms with Crippen LogP contribution in [0.1, 0.15) is 5.56 Å². The molecule has 112 valence electrons. The zero-order chi connectivity index (χ0) is 14.7. The molecule has 3 aromatic carbocycles. The lowest BCUT2D eigenvalue weighted by molar-refractivity contribution is -0.00000420. The van der Waals surface area contributed by atoms with Crippen molar-refractivity contribution in [3.8, 4) is 0 Å². The Bertz CT molecular complexity index is 666. The summed E-state index contributed by atoms with van der Waals surface area (Å²) >= 11 is 0. The lowest BCUT2D eigenvalue weighted by Crippen LogP contribution is -3.00. The molecule has 0 aliphatic heterocycles. The smallest absolute Gasteiger partial charge is 0.109 e. The molecule has 3 aromatic rings. The van der Waals surface area contributed by atoms with Crippen LogP contribution in [-0.4, -0.2) is 6.66 Å². The first kappa shape index (κ1) is 16.9. The molecule has 0 spiro atoms. The molecule has 0 aromatic heterocycles. The minimum Gasteiger partial charge on any atom is -1.00 e. The fourth-order valence-electron chi connectivity index (χ4n) is 2.74. The van der Waals surface area contributed by atoms with Crippen molar-refractivity contribution in [2.45, 2.75) is 6.92 Å². The van der Waals surface area contributed by atoms with Crippen molar-refractivity contribution in [1.29, 1.82) is 0 Å². The lowest BCUT2D eigenvalue weighted by Gasteiger charge is -2.23. The van der Waals surface area contributed by atoms with E-state index in [4.69, 9.17) is 0 Å². The van der Waals surface area contributed by atoms with E-state index < -0.39 is 7.26 Å². The highest BCUT2D eigenvalue weighted by Crippen LogP contribution is 2.51. The summed E-state index contributed by atoms with van der Waals surface area (Å²) in [5, 5.41) is 4.30. The fraction of sp³-hybridized carbons (Fsp3) is 0.100. The highest BCUT2D eigenvalue weighted by molar-refractivity contribution is 7.95. The Kier molecular flexibility index (Phi) is 5.56. The Balaban J connectivity index is 0.00000176. The standard InChI is InChI=1S/C20H20P.BrH/c1-17-13-15-20(16-14-17)21(2,18-9-5-3-6-10-18)19-11-7-4-8-12-19;/h3-16H,1-2H3;1H/q+1;/p-1. The monoisotopic (exact) mass is 370 g/mol. The maximum absolute atomic E-state index is 2.42. The number of rotatable bonds is 3. The van der Waals surface area contributed by atoms with Gasteiger partial charge in [-0.2, -0.15) is 0 Å². The van der Waals surface area contributed by atoms with Gasteiger partial charge in [0.2, 0.25) is 0 Å². The van der Waals surface area contributed by atoms with E-state index in [2.05, 4.69) is 98.5 Å². The topological polar surface area (TPSA) is 0 Å². The number of benzene rings is 3. The molecule has 0 N–H and O–H groups in total. The zero-order valence-electron chi connectivity index (χ0n) is 12.9. The molecule has 0 saturated carbocycles. The first-order valence-corrected chi connectivity index (χ1v) is 9.50. The van der Waals surface area contributed by atoms with Gasteiger partial charge in [0.15, 0.2) is 0 Å². The van der Waals surface area contributed by atoms with E-state index in [-0.39, 0.29) is 17.0 Å². The van der Waals surface area contributed by atoms with E-state index in [1.807, 2.05) is 0 Å². The Morgan fingerprint density at radius 3 is 1.32 bits per heavy atom. The summed E-state index contributed by atoms with van der Waals surface area (Å²) in [6.07, 6.45) is 0. The van der Waals surface area contributed by atoms with Crippen molar-refractivity contribution in [2.24, 2.45) is 0 Å². The summed E-state index contributed by atoms with van der Waals surface area (Å²) in [4.78, 5) is 0. The van der Waals surface area contributed by atoms with Crippen LogP contribution in [0.4, 0.5) is 0 Å². The number of aryl methyl sites for hydroxylation is 1. The molecule has 2 heteroatoms. The molecule has 22 heavy (non-hydrogen) atoms. The lowest BCUT2D eigenvalue weighted by atomic mass is 10.2. The molecule has 0 aliphatic carbocycles. The summed E-state index contributed by atoms with van der Waals surface area (Å²) in [5.74, 6) is 0. The van der Waals surface area contributed by atoms with Crippen LogP contribution in [-0.2, 0) is 0 Å². The van der Waals surface area contributed by atoms with E-state index in [0.717, 1.165) is 0 Å². The quantitative estimate of drug-likeness (QED) is 0.601. The van der Waals surface area contributed by atoms with Gasteiger partial charge in [0.1, 0.15) is 23.2 Å². The molecule has 3 rings (SSSR count). The molecule has 0 amide bonds. The summed E-state index contributed by atoms with van der Waals surface area (Å²) in [7, 11) is -1.55. The van der Waals surface area contributed by atoms with Crippen molar-refractivity contribution < 1.29 is 17.0 Å². The molecular formula is C20H20BrP.